The van der Waals surface area contributed by atoms with E-state index in [-0.39, 0.29) is 17.8 Å². The van der Waals surface area contributed by atoms with Crippen LogP contribution in [0.25, 0.3) is 10.9 Å². The Hall–Kier alpha value is -2.75. The van der Waals surface area contributed by atoms with Crippen molar-refractivity contribution in [2.24, 2.45) is 0 Å². The van der Waals surface area contributed by atoms with Gasteiger partial charge in [-0.3, -0.25) is 9.78 Å². The molecular weight excluding hydrogens is 303 g/mol. The van der Waals surface area contributed by atoms with Crippen LogP contribution < -0.4 is 0 Å². The lowest BCUT2D eigenvalue weighted by molar-refractivity contribution is 0.0737. The molecule has 2 aromatic carbocycles. The van der Waals surface area contributed by atoms with E-state index in [1.54, 1.807) is 18.3 Å². The third kappa shape index (κ3) is 2.54. The van der Waals surface area contributed by atoms with E-state index >= 15 is 0 Å². The molecule has 1 aromatic heterocycles. The Balaban J connectivity index is 1.71. The molecule has 2 heterocycles. The maximum atomic E-state index is 13.2. The molecule has 1 aliphatic heterocycles. The average molecular weight is 320 g/mol. The number of hydrogen-bond donors (Lipinski definition) is 0. The first-order chi connectivity index (χ1) is 11.7. The fourth-order valence-electron chi connectivity index (χ4n) is 3.49. The van der Waals surface area contributed by atoms with Crippen molar-refractivity contribution in [3.8, 4) is 0 Å². The summed E-state index contributed by atoms with van der Waals surface area (Å²) in [4.78, 5) is 19.4. The summed E-state index contributed by atoms with van der Waals surface area (Å²) in [6, 6.07) is 15.9. The van der Waals surface area contributed by atoms with Gasteiger partial charge in [0, 0.05) is 23.7 Å². The van der Waals surface area contributed by atoms with Gasteiger partial charge in [-0.1, -0.05) is 24.3 Å². The zero-order valence-corrected chi connectivity index (χ0v) is 13.2. The molecule has 1 aliphatic rings. The molecule has 1 saturated heterocycles. The van der Waals surface area contributed by atoms with E-state index in [2.05, 4.69) is 4.98 Å². The van der Waals surface area contributed by atoms with E-state index < -0.39 is 0 Å². The topological polar surface area (TPSA) is 33.2 Å². The molecule has 1 amide bonds. The number of halogens is 1. The van der Waals surface area contributed by atoms with Crippen molar-refractivity contribution in [3.05, 3.63) is 77.7 Å². The summed E-state index contributed by atoms with van der Waals surface area (Å²) < 4.78 is 13.2. The number of carbonyl (C=O) groups is 1. The van der Waals surface area contributed by atoms with E-state index in [0.29, 0.717) is 5.56 Å². The number of rotatable bonds is 2. The Kier molecular flexibility index (Phi) is 3.73. The molecule has 0 spiro atoms. The van der Waals surface area contributed by atoms with Crippen LogP contribution in [0.15, 0.2) is 60.8 Å². The maximum absolute atomic E-state index is 13.2. The van der Waals surface area contributed by atoms with Gasteiger partial charge in [0.15, 0.2) is 0 Å². The maximum Gasteiger partial charge on any atom is 0.255 e. The highest BCUT2D eigenvalue weighted by Gasteiger charge is 2.31. The molecule has 1 fully saturated rings. The fraction of sp³-hybridized carbons (Fsp3) is 0.200. The van der Waals surface area contributed by atoms with Gasteiger partial charge in [-0.15, -0.1) is 0 Å². The van der Waals surface area contributed by atoms with E-state index in [1.807, 2.05) is 35.2 Å². The zero-order chi connectivity index (χ0) is 16.5. The third-order valence-electron chi connectivity index (χ3n) is 4.64. The molecule has 0 aliphatic carbocycles. The van der Waals surface area contributed by atoms with Crippen LogP contribution in [-0.2, 0) is 0 Å². The second-order valence-corrected chi connectivity index (χ2v) is 6.08. The van der Waals surface area contributed by atoms with Gasteiger partial charge in [-0.25, -0.2) is 4.39 Å². The van der Waals surface area contributed by atoms with Gasteiger partial charge in [0.05, 0.1) is 11.6 Å². The molecule has 0 radical (unpaired) electrons. The van der Waals surface area contributed by atoms with Crippen molar-refractivity contribution in [3.63, 3.8) is 0 Å². The van der Waals surface area contributed by atoms with Crippen molar-refractivity contribution < 1.29 is 9.18 Å². The smallest absolute Gasteiger partial charge is 0.255 e. The van der Waals surface area contributed by atoms with Gasteiger partial charge < -0.3 is 4.90 Å². The second kappa shape index (κ2) is 6.04. The number of hydrogen-bond acceptors (Lipinski definition) is 2. The summed E-state index contributed by atoms with van der Waals surface area (Å²) in [7, 11) is 0. The van der Waals surface area contributed by atoms with Crippen molar-refractivity contribution in [2.45, 2.75) is 18.9 Å². The van der Waals surface area contributed by atoms with E-state index in [0.717, 1.165) is 35.9 Å². The number of nitrogens with zero attached hydrogens (tertiary/aromatic N) is 2. The molecule has 3 nitrogen and oxygen atoms in total. The normalized spacial score (nSPS) is 17.4. The lowest BCUT2D eigenvalue weighted by Crippen LogP contribution is -2.30. The summed E-state index contributed by atoms with van der Waals surface area (Å²) in [6.07, 6.45) is 3.59. The van der Waals surface area contributed by atoms with Crippen LogP contribution in [0, 0.1) is 5.82 Å². The minimum Gasteiger partial charge on any atom is -0.332 e. The summed E-state index contributed by atoms with van der Waals surface area (Å²) in [5.41, 5.74) is 2.48. The van der Waals surface area contributed by atoms with Crippen molar-refractivity contribution in [1.82, 2.24) is 9.88 Å². The standard InChI is InChI=1S/C20H17FN2O/c21-15-10-8-14(9-11-15)19-7-3-13-23(19)20(24)17-4-1-6-18-16(17)5-2-12-22-18/h1-2,4-6,8-12,19H,3,7,13H2. The Labute approximate surface area is 139 Å². The minimum absolute atomic E-state index is 0.00466. The average Bonchev–Trinajstić information content (AvgIpc) is 3.11. The van der Waals surface area contributed by atoms with Crippen LogP contribution in [0.3, 0.4) is 0 Å². The molecular formula is C20H17FN2O. The van der Waals surface area contributed by atoms with Gasteiger partial charge in [-0.05, 0) is 48.7 Å². The van der Waals surface area contributed by atoms with Crippen molar-refractivity contribution in [2.75, 3.05) is 6.54 Å². The summed E-state index contributed by atoms with van der Waals surface area (Å²) in [5.74, 6) is -0.241. The van der Waals surface area contributed by atoms with Crippen LogP contribution in [-0.4, -0.2) is 22.3 Å². The zero-order valence-electron chi connectivity index (χ0n) is 13.2. The number of likely N-dealkylation sites (tertiary alicyclic amines) is 1. The van der Waals surface area contributed by atoms with Gasteiger partial charge >= 0.3 is 0 Å². The summed E-state index contributed by atoms with van der Waals surface area (Å²) in [6.45, 7) is 0.720. The number of amides is 1. The van der Waals surface area contributed by atoms with Crippen molar-refractivity contribution in [1.29, 1.82) is 0 Å². The SMILES string of the molecule is O=C(c1cccc2ncccc12)N1CCCC1c1ccc(F)cc1. The van der Waals surface area contributed by atoms with Crippen molar-refractivity contribution >= 4 is 16.8 Å². The second-order valence-electron chi connectivity index (χ2n) is 6.08. The van der Waals surface area contributed by atoms with Crippen LogP contribution in [0.1, 0.15) is 34.8 Å². The lowest BCUT2D eigenvalue weighted by atomic mass is 10.0. The molecule has 0 bridgehead atoms. The van der Waals surface area contributed by atoms with Crippen LogP contribution in [0.5, 0.6) is 0 Å². The highest BCUT2D eigenvalue weighted by Crippen LogP contribution is 2.34. The van der Waals surface area contributed by atoms with Gasteiger partial charge in [0.25, 0.3) is 5.91 Å². The Morgan fingerprint density at radius 2 is 1.92 bits per heavy atom. The number of fused-ring (bicyclic) bond motifs is 1. The quantitative estimate of drug-likeness (QED) is 0.703. The van der Waals surface area contributed by atoms with Crippen LogP contribution >= 0.6 is 0 Å². The first-order valence-electron chi connectivity index (χ1n) is 8.14. The van der Waals surface area contributed by atoms with Crippen LogP contribution in [0.4, 0.5) is 4.39 Å². The highest BCUT2D eigenvalue weighted by molar-refractivity contribution is 6.06. The number of aromatic nitrogens is 1. The first-order valence-corrected chi connectivity index (χ1v) is 8.14. The third-order valence-corrected chi connectivity index (χ3v) is 4.64. The molecule has 4 heteroatoms. The number of benzene rings is 2. The molecule has 1 atom stereocenters. The van der Waals surface area contributed by atoms with E-state index in [9.17, 15) is 9.18 Å². The molecule has 120 valence electrons. The first kappa shape index (κ1) is 14.8. The molecule has 1 unspecified atom stereocenters. The summed E-state index contributed by atoms with van der Waals surface area (Å²) >= 11 is 0. The van der Waals surface area contributed by atoms with Crippen LogP contribution in [0.2, 0.25) is 0 Å². The predicted molar refractivity (Wildman–Crippen MR) is 91.2 cm³/mol. The van der Waals surface area contributed by atoms with Gasteiger partial charge in [0.2, 0.25) is 0 Å². The molecule has 0 N–H and O–H groups in total. The number of carbonyl (C=O) groups excluding carboxylic acids is 1. The minimum atomic E-state index is -0.255. The molecule has 24 heavy (non-hydrogen) atoms. The summed E-state index contributed by atoms with van der Waals surface area (Å²) in [5, 5.41) is 0.870. The lowest BCUT2D eigenvalue weighted by Gasteiger charge is -2.25. The van der Waals surface area contributed by atoms with Gasteiger partial charge in [-0.2, -0.15) is 0 Å². The number of pyridine rings is 1. The predicted octanol–water partition coefficient (Wildman–Crippen LogP) is 4.35. The van der Waals surface area contributed by atoms with Gasteiger partial charge in [0.1, 0.15) is 5.82 Å². The molecule has 4 rings (SSSR count). The Morgan fingerprint density at radius 3 is 2.75 bits per heavy atom. The highest BCUT2D eigenvalue weighted by atomic mass is 19.1. The fourth-order valence-corrected chi connectivity index (χ4v) is 3.49. The molecule has 3 aromatic rings. The van der Waals surface area contributed by atoms with E-state index in [4.69, 9.17) is 0 Å². The largest absolute Gasteiger partial charge is 0.332 e. The monoisotopic (exact) mass is 320 g/mol. The Bertz CT molecular complexity index is 886. The molecule has 0 saturated carbocycles. The van der Waals surface area contributed by atoms with E-state index in [1.165, 1.54) is 12.1 Å². The Morgan fingerprint density at radius 1 is 1.08 bits per heavy atom.